The number of rotatable bonds is 5. The van der Waals surface area contributed by atoms with Crippen LogP contribution in [0.4, 0.5) is 0 Å². The summed E-state index contributed by atoms with van der Waals surface area (Å²) in [7, 11) is 2.02. The van der Waals surface area contributed by atoms with Gasteiger partial charge in [-0.2, -0.15) is 5.10 Å². The summed E-state index contributed by atoms with van der Waals surface area (Å²) in [4.78, 5) is 14.9. The van der Waals surface area contributed by atoms with Gasteiger partial charge >= 0.3 is 0 Å². The Bertz CT molecular complexity index is 869. The average molecular weight is 411 g/mol. The molecule has 0 bridgehead atoms. The van der Waals surface area contributed by atoms with Crippen molar-refractivity contribution in [3.05, 3.63) is 52.8 Å². The molecule has 6 nitrogen and oxygen atoms in total. The largest absolute Gasteiger partial charge is 0.375 e. The molecule has 3 heterocycles. The van der Waals surface area contributed by atoms with E-state index in [0.717, 1.165) is 69.7 Å². The molecule has 0 aliphatic carbocycles. The van der Waals surface area contributed by atoms with Crippen LogP contribution in [0.1, 0.15) is 53.0 Å². The van der Waals surface area contributed by atoms with Crippen molar-refractivity contribution in [1.29, 1.82) is 0 Å². The predicted molar refractivity (Wildman–Crippen MR) is 117 cm³/mol. The van der Waals surface area contributed by atoms with Crippen LogP contribution in [-0.4, -0.2) is 52.4 Å². The van der Waals surface area contributed by atoms with E-state index >= 15 is 0 Å². The first-order valence-corrected chi connectivity index (χ1v) is 11.1. The fraction of sp³-hybridized carbons (Fsp3) is 0.583. The molecule has 4 rings (SSSR count). The van der Waals surface area contributed by atoms with Crippen LogP contribution in [0.5, 0.6) is 0 Å². The topological polar surface area (TPSA) is 59.4 Å². The summed E-state index contributed by atoms with van der Waals surface area (Å²) < 4.78 is 8.30. The second kappa shape index (κ2) is 8.90. The first-order valence-electron chi connectivity index (χ1n) is 11.1. The van der Waals surface area contributed by atoms with Crippen LogP contribution in [0.2, 0.25) is 0 Å². The number of ether oxygens (including phenoxy) is 1. The lowest BCUT2D eigenvalue weighted by atomic mass is 9.79. The molecule has 2 aromatic rings. The monoisotopic (exact) mass is 410 g/mol. The maximum atomic E-state index is 12.4. The second-order valence-corrected chi connectivity index (χ2v) is 9.02. The van der Waals surface area contributed by atoms with E-state index in [9.17, 15) is 4.79 Å². The van der Waals surface area contributed by atoms with Crippen LogP contribution in [-0.2, 0) is 18.3 Å². The minimum Gasteiger partial charge on any atom is -0.375 e. The van der Waals surface area contributed by atoms with Crippen molar-refractivity contribution in [3.63, 3.8) is 0 Å². The summed E-state index contributed by atoms with van der Waals surface area (Å²) in [5, 5.41) is 7.69. The maximum Gasteiger partial charge on any atom is 0.251 e. The number of aryl methyl sites for hydroxylation is 2. The molecular formula is C24H34N4O2. The number of nitrogens with one attached hydrogen (secondary N) is 1. The van der Waals surface area contributed by atoms with Crippen molar-refractivity contribution in [3.8, 4) is 0 Å². The van der Waals surface area contributed by atoms with Crippen LogP contribution < -0.4 is 5.32 Å². The van der Waals surface area contributed by atoms with Gasteiger partial charge < -0.3 is 10.1 Å². The number of likely N-dealkylation sites (tertiary alicyclic amines) is 1. The maximum absolute atomic E-state index is 12.4. The fourth-order valence-corrected chi connectivity index (χ4v) is 4.97. The number of hydrogen-bond donors (Lipinski definition) is 1. The zero-order valence-corrected chi connectivity index (χ0v) is 18.5. The first-order chi connectivity index (χ1) is 14.5. The van der Waals surface area contributed by atoms with Gasteiger partial charge in [0.15, 0.2) is 0 Å². The lowest BCUT2D eigenvalue weighted by molar-refractivity contribution is -0.127. The van der Waals surface area contributed by atoms with Gasteiger partial charge in [0, 0.05) is 56.7 Å². The summed E-state index contributed by atoms with van der Waals surface area (Å²) in [5.41, 5.74) is 4.47. The van der Waals surface area contributed by atoms with E-state index in [1.165, 1.54) is 11.3 Å². The van der Waals surface area contributed by atoms with Gasteiger partial charge in [-0.15, -0.1) is 0 Å². The van der Waals surface area contributed by atoms with Crippen LogP contribution in [0, 0.1) is 19.8 Å². The number of hydrogen-bond acceptors (Lipinski definition) is 4. The Balaban J connectivity index is 1.29. The Morgan fingerprint density at radius 2 is 1.97 bits per heavy atom. The molecule has 2 aliphatic rings. The highest BCUT2D eigenvalue weighted by Gasteiger charge is 2.40. The van der Waals surface area contributed by atoms with Gasteiger partial charge in [-0.1, -0.05) is 18.2 Å². The molecule has 1 N–H and O–H groups in total. The van der Waals surface area contributed by atoms with E-state index in [1.54, 1.807) is 0 Å². The van der Waals surface area contributed by atoms with Crippen molar-refractivity contribution in [2.45, 2.75) is 51.7 Å². The number of amides is 1. The molecule has 1 atom stereocenters. The predicted octanol–water partition coefficient (Wildman–Crippen LogP) is 3.23. The van der Waals surface area contributed by atoms with Gasteiger partial charge in [-0.25, -0.2) is 0 Å². The van der Waals surface area contributed by atoms with Crippen molar-refractivity contribution >= 4 is 5.91 Å². The van der Waals surface area contributed by atoms with E-state index < -0.39 is 0 Å². The Labute approximate surface area is 179 Å². The van der Waals surface area contributed by atoms with E-state index in [1.807, 2.05) is 42.1 Å². The van der Waals surface area contributed by atoms with E-state index in [-0.39, 0.29) is 11.5 Å². The number of carbonyl (C=O) groups excluding carboxylic acids is 1. The van der Waals surface area contributed by atoms with Crippen molar-refractivity contribution < 1.29 is 9.53 Å². The standard InChI is InChI=1S/C24H34N4O2/c1-18-22(19(2)27(3)26-18)17-28-12-10-24(11-13-28)15-20(9-14-30-24)16-25-23(29)21-7-5-4-6-8-21/h4-8,20H,9-17H2,1-3H3,(H,25,29). The van der Waals surface area contributed by atoms with Crippen LogP contribution in [0.25, 0.3) is 0 Å². The van der Waals surface area contributed by atoms with Gasteiger partial charge in [-0.3, -0.25) is 14.4 Å². The number of nitrogens with zero attached hydrogens (tertiary/aromatic N) is 3. The van der Waals surface area contributed by atoms with Crippen LogP contribution in [0.15, 0.2) is 30.3 Å². The zero-order chi connectivity index (χ0) is 21.1. The Kier molecular flexibility index (Phi) is 6.25. The number of aromatic nitrogens is 2. The number of piperidine rings is 1. The minimum atomic E-state index is -0.0179. The Morgan fingerprint density at radius 3 is 2.63 bits per heavy atom. The average Bonchev–Trinajstić information content (AvgIpc) is 3.00. The van der Waals surface area contributed by atoms with Crippen molar-refractivity contribution in [2.75, 3.05) is 26.2 Å². The summed E-state index contributed by atoms with van der Waals surface area (Å²) in [6, 6.07) is 9.47. The Hall–Kier alpha value is -2.18. The highest BCUT2D eigenvalue weighted by Crippen LogP contribution is 2.38. The third-order valence-electron chi connectivity index (χ3n) is 6.99. The quantitative estimate of drug-likeness (QED) is 0.822. The Morgan fingerprint density at radius 1 is 1.23 bits per heavy atom. The third-order valence-corrected chi connectivity index (χ3v) is 6.99. The minimum absolute atomic E-state index is 0.0179. The fourth-order valence-electron chi connectivity index (χ4n) is 4.97. The molecule has 2 aliphatic heterocycles. The van der Waals surface area contributed by atoms with Crippen LogP contribution in [0.3, 0.4) is 0 Å². The molecule has 1 aromatic carbocycles. The molecule has 2 saturated heterocycles. The van der Waals surface area contributed by atoms with Gasteiger partial charge in [0.05, 0.1) is 11.3 Å². The van der Waals surface area contributed by atoms with E-state index in [4.69, 9.17) is 4.74 Å². The molecule has 2 fully saturated rings. The van der Waals surface area contributed by atoms with Gasteiger partial charge in [0.2, 0.25) is 0 Å². The molecular weight excluding hydrogens is 376 g/mol. The smallest absolute Gasteiger partial charge is 0.251 e. The lowest BCUT2D eigenvalue weighted by Gasteiger charge is -2.46. The molecule has 1 spiro atoms. The summed E-state index contributed by atoms with van der Waals surface area (Å²) in [6.45, 7) is 8.86. The number of benzene rings is 1. The molecule has 1 amide bonds. The molecule has 6 heteroatoms. The third kappa shape index (κ3) is 4.60. The highest BCUT2D eigenvalue weighted by molar-refractivity contribution is 5.94. The molecule has 1 aromatic heterocycles. The van der Waals surface area contributed by atoms with E-state index in [0.29, 0.717) is 5.92 Å². The van der Waals surface area contributed by atoms with Gasteiger partial charge in [0.25, 0.3) is 5.91 Å². The second-order valence-electron chi connectivity index (χ2n) is 9.02. The lowest BCUT2D eigenvalue weighted by Crippen LogP contribution is -2.50. The van der Waals surface area contributed by atoms with E-state index in [2.05, 4.69) is 29.2 Å². The normalized spacial score (nSPS) is 21.6. The zero-order valence-electron chi connectivity index (χ0n) is 18.5. The van der Waals surface area contributed by atoms with Crippen molar-refractivity contribution in [2.24, 2.45) is 13.0 Å². The highest BCUT2D eigenvalue weighted by atomic mass is 16.5. The molecule has 0 saturated carbocycles. The SMILES string of the molecule is Cc1nn(C)c(C)c1CN1CCC2(CC1)CC(CNC(=O)c1ccccc1)CCO2. The van der Waals surface area contributed by atoms with Gasteiger partial charge in [-0.05, 0) is 57.6 Å². The summed E-state index contributed by atoms with van der Waals surface area (Å²) >= 11 is 0. The molecule has 1 unspecified atom stereocenters. The van der Waals surface area contributed by atoms with Crippen molar-refractivity contribution in [1.82, 2.24) is 20.0 Å². The summed E-state index contributed by atoms with van der Waals surface area (Å²) in [6.07, 6.45) is 4.19. The molecule has 162 valence electrons. The first kappa shape index (κ1) is 21.1. The molecule has 30 heavy (non-hydrogen) atoms. The van der Waals surface area contributed by atoms with Crippen LogP contribution >= 0.6 is 0 Å². The number of carbonyl (C=O) groups is 1. The summed E-state index contributed by atoms with van der Waals surface area (Å²) in [5.74, 6) is 0.508. The molecule has 0 radical (unpaired) electrons. The van der Waals surface area contributed by atoms with Gasteiger partial charge in [0.1, 0.15) is 0 Å².